The van der Waals surface area contributed by atoms with Gasteiger partial charge in [-0.25, -0.2) is 0 Å². The lowest BCUT2D eigenvalue weighted by Crippen LogP contribution is -3.10. The Morgan fingerprint density at radius 3 is 2.33 bits per heavy atom. The lowest BCUT2D eigenvalue weighted by atomic mass is 10.0. The maximum Gasteiger partial charge on any atom is 0.200 e. The van der Waals surface area contributed by atoms with Gasteiger partial charge < -0.3 is 14.4 Å². The lowest BCUT2D eigenvalue weighted by molar-refractivity contribution is -0.914. The molecule has 0 unspecified atom stereocenters. The molecule has 6 heteroatoms. The van der Waals surface area contributed by atoms with Gasteiger partial charge in [-0.15, -0.1) is 0 Å². The number of aromatic hydroxyl groups is 1. The van der Waals surface area contributed by atoms with Crippen molar-refractivity contribution in [3.63, 3.8) is 0 Å². The highest BCUT2D eigenvalue weighted by Crippen LogP contribution is 2.31. The van der Waals surface area contributed by atoms with E-state index < -0.39 is 0 Å². The number of rotatable bonds is 9. The quantitative estimate of drug-likeness (QED) is 0.456. The van der Waals surface area contributed by atoms with E-state index in [9.17, 15) is 9.90 Å². The number of phenolic OH excluding ortho intramolecular Hbond substituents is 1. The molecule has 3 aromatic rings. The zero-order valence-electron chi connectivity index (χ0n) is 17.4. The number of quaternary nitrogens is 1. The molecular formula is C24H28Cl2NO3+. The standard InChI is InChI=1S/C24H27Cl2NO3/c1-3-5-11-27(12-6-4-2)14-19-22(28)10-9-18-23(29)20(15-30-24(18)19)17-8-7-16(25)13-21(17)26/h7-10,13,15,28H,3-6,11-12,14H2,1-2H3/p+1. The normalized spacial score (nSPS) is 11.5. The highest BCUT2D eigenvalue weighted by Gasteiger charge is 2.20. The summed E-state index contributed by atoms with van der Waals surface area (Å²) in [6, 6.07) is 8.21. The fourth-order valence-electron chi connectivity index (χ4n) is 3.72. The molecule has 30 heavy (non-hydrogen) atoms. The summed E-state index contributed by atoms with van der Waals surface area (Å²) >= 11 is 12.3. The van der Waals surface area contributed by atoms with Crippen molar-refractivity contribution in [2.75, 3.05) is 13.1 Å². The van der Waals surface area contributed by atoms with Crippen LogP contribution in [0.15, 0.2) is 45.8 Å². The predicted molar refractivity (Wildman–Crippen MR) is 124 cm³/mol. The Bertz CT molecular complexity index is 1070. The van der Waals surface area contributed by atoms with Crippen LogP contribution in [-0.4, -0.2) is 18.2 Å². The second-order valence-electron chi connectivity index (χ2n) is 7.68. The average Bonchev–Trinajstić information content (AvgIpc) is 2.72. The van der Waals surface area contributed by atoms with Gasteiger partial charge in [0.25, 0.3) is 0 Å². The maximum atomic E-state index is 13.2. The van der Waals surface area contributed by atoms with Gasteiger partial charge in [-0.2, -0.15) is 0 Å². The summed E-state index contributed by atoms with van der Waals surface area (Å²) < 4.78 is 5.92. The molecule has 2 aromatic carbocycles. The van der Waals surface area contributed by atoms with Crippen LogP contribution in [0.3, 0.4) is 0 Å². The van der Waals surface area contributed by atoms with Crippen LogP contribution in [0, 0.1) is 0 Å². The minimum atomic E-state index is -0.176. The van der Waals surface area contributed by atoms with E-state index in [0.29, 0.717) is 44.2 Å². The number of hydrogen-bond donors (Lipinski definition) is 2. The van der Waals surface area contributed by atoms with Crippen molar-refractivity contribution in [2.24, 2.45) is 0 Å². The molecule has 0 saturated heterocycles. The zero-order valence-corrected chi connectivity index (χ0v) is 18.9. The molecule has 160 valence electrons. The van der Waals surface area contributed by atoms with E-state index in [1.807, 2.05) is 0 Å². The molecule has 0 amide bonds. The van der Waals surface area contributed by atoms with Gasteiger partial charge in [-0.1, -0.05) is 56.0 Å². The van der Waals surface area contributed by atoms with Gasteiger partial charge in [0.15, 0.2) is 0 Å². The third-order valence-electron chi connectivity index (χ3n) is 5.44. The molecule has 2 N–H and O–H groups in total. The topological polar surface area (TPSA) is 54.9 Å². The highest BCUT2D eigenvalue weighted by atomic mass is 35.5. The van der Waals surface area contributed by atoms with Crippen molar-refractivity contribution < 1.29 is 14.4 Å². The van der Waals surface area contributed by atoms with Crippen molar-refractivity contribution >= 4 is 34.2 Å². The fraction of sp³-hybridized carbons (Fsp3) is 0.375. The smallest absolute Gasteiger partial charge is 0.200 e. The Hall–Kier alpha value is -2.01. The van der Waals surface area contributed by atoms with Gasteiger partial charge in [0.2, 0.25) is 5.43 Å². The van der Waals surface area contributed by atoms with Crippen LogP contribution in [0.5, 0.6) is 5.75 Å². The van der Waals surface area contributed by atoms with Crippen LogP contribution >= 0.6 is 23.2 Å². The Morgan fingerprint density at radius 2 is 1.70 bits per heavy atom. The first-order valence-electron chi connectivity index (χ1n) is 10.5. The molecule has 0 radical (unpaired) electrons. The van der Waals surface area contributed by atoms with Gasteiger partial charge >= 0.3 is 0 Å². The van der Waals surface area contributed by atoms with E-state index in [-0.39, 0.29) is 11.2 Å². The van der Waals surface area contributed by atoms with Crippen LogP contribution in [0.25, 0.3) is 22.1 Å². The number of fused-ring (bicyclic) bond motifs is 1. The molecule has 0 saturated carbocycles. The van der Waals surface area contributed by atoms with E-state index in [2.05, 4.69) is 13.8 Å². The summed E-state index contributed by atoms with van der Waals surface area (Å²) in [7, 11) is 0. The minimum Gasteiger partial charge on any atom is -0.507 e. The van der Waals surface area contributed by atoms with Gasteiger partial charge in [0.1, 0.15) is 24.1 Å². The Morgan fingerprint density at radius 1 is 1.00 bits per heavy atom. The summed E-state index contributed by atoms with van der Waals surface area (Å²) in [5, 5.41) is 11.9. The fourth-order valence-corrected chi connectivity index (χ4v) is 4.23. The van der Waals surface area contributed by atoms with Crippen LogP contribution in [-0.2, 0) is 6.54 Å². The Balaban J connectivity index is 2.05. The molecule has 1 aromatic heterocycles. The van der Waals surface area contributed by atoms with Crippen molar-refractivity contribution in [1.29, 1.82) is 0 Å². The molecule has 1 heterocycles. The van der Waals surface area contributed by atoms with Crippen molar-refractivity contribution in [2.45, 2.75) is 46.1 Å². The molecule has 4 nitrogen and oxygen atoms in total. The molecule has 0 bridgehead atoms. The van der Waals surface area contributed by atoms with E-state index in [1.165, 1.54) is 11.2 Å². The Kier molecular flexibility index (Phi) is 7.81. The Labute approximate surface area is 187 Å². The minimum absolute atomic E-state index is 0.161. The second-order valence-corrected chi connectivity index (χ2v) is 8.52. The van der Waals surface area contributed by atoms with Gasteiger partial charge in [0.05, 0.1) is 34.6 Å². The SMILES string of the molecule is CCCC[NH+](CCCC)Cc1c(O)ccc2c(=O)c(-c3ccc(Cl)cc3Cl)coc12. The van der Waals surface area contributed by atoms with Gasteiger partial charge in [0, 0.05) is 10.6 Å². The number of benzene rings is 2. The first-order chi connectivity index (χ1) is 14.5. The molecule has 0 aliphatic carbocycles. The molecule has 0 spiro atoms. The van der Waals surface area contributed by atoms with Crippen molar-refractivity contribution in [3.05, 3.63) is 62.4 Å². The second kappa shape index (κ2) is 10.3. The highest BCUT2D eigenvalue weighted by molar-refractivity contribution is 6.36. The van der Waals surface area contributed by atoms with Crippen LogP contribution in [0.2, 0.25) is 10.0 Å². The molecular weight excluding hydrogens is 421 g/mol. The van der Waals surface area contributed by atoms with Crippen molar-refractivity contribution in [3.8, 4) is 16.9 Å². The van der Waals surface area contributed by atoms with Crippen LogP contribution in [0.4, 0.5) is 0 Å². The predicted octanol–water partition coefficient (Wildman–Crippen LogP) is 5.46. The molecule has 0 atom stereocenters. The third-order valence-corrected chi connectivity index (χ3v) is 5.98. The molecule has 0 fully saturated rings. The molecule has 0 aliphatic rings. The van der Waals surface area contributed by atoms with E-state index in [0.717, 1.165) is 38.8 Å². The number of nitrogens with one attached hydrogen (secondary N) is 1. The summed E-state index contributed by atoms with van der Waals surface area (Å²) in [5.41, 5.74) is 1.90. The maximum absolute atomic E-state index is 13.2. The summed E-state index contributed by atoms with van der Waals surface area (Å²) in [4.78, 5) is 14.6. The summed E-state index contributed by atoms with van der Waals surface area (Å²) in [6.45, 7) is 7.02. The molecule has 0 aliphatic heterocycles. The zero-order chi connectivity index (χ0) is 21.7. The van der Waals surface area contributed by atoms with E-state index in [1.54, 1.807) is 30.3 Å². The third kappa shape index (κ3) is 5.00. The first kappa shape index (κ1) is 22.7. The van der Waals surface area contributed by atoms with Gasteiger partial charge in [-0.3, -0.25) is 4.79 Å². The lowest BCUT2D eigenvalue weighted by Gasteiger charge is -2.20. The first-order valence-corrected chi connectivity index (χ1v) is 11.3. The van der Waals surface area contributed by atoms with Crippen LogP contribution in [0.1, 0.15) is 45.1 Å². The van der Waals surface area contributed by atoms with E-state index >= 15 is 0 Å². The average molecular weight is 449 g/mol. The summed E-state index contributed by atoms with van der Waals surface area (Å²) in [6.07, 6.45) is 5.91. The monoisotopic (exact) mass is 448 g/mol. The number of unbranched alkanes of at least 4 members (excludes halogenated alkanes) is 2. The number of hydrogen-bond acceptors (Lipinski definition) is 3. The molecule has 3 rings (SSSR count). The van der Waals surface area contributed by atoms with Crippen LogP contribution < -0.4 is 10.3 Å². The number of halogens is 2. The summed E-state index contributed by atoms with van der Waals surface area (Å²) in [5.74, 6) is 0.161. The van der Waals surface area contributed by atoms with E-state index in [4.69, 9.17) is 27.6 Å². The number of phenols is 1. The van der Waals surface area contributed by atoms with Gasteiger partial charge in [-0.05, 0) is 37.1 Å². The van der Waals surface area contributed by atoms with Crippen molar-refractivity contribution in [1.82, 2.24) is 0 Å². The largest absolute Gasteiger partial charge is 0.507 e.